The third kappa shape index (κ3) is 63.8. The first-order valence-electron chi connectivity index (χ1n) is 33.8. The van der Waals surface area contributed by atoms with Gasteiger partial charge in [0.05, 0.1) is 0 Å². The molecular formula is C71H128O6. The van der Waals surface area contributed by atoms with E-state index in [0.717, 1.165) is 89.9 Å². The van der Waals surface area contributed by atoms with E-state index in [4.69, 9.17) is 14.2 Å². The fourth-order valence-electron chi connectivity index (χ4n) is 10.0. The van der Waals surface area contributed by atoms with Crippen LogP contribution in [0.3, 0.4) is 0 Å². The predicted octanol–water partition coefficient (Wildman–Crippen LogP) is 23.1. The van der Waals surface area contributed by atoms with E-state index in [2.05, 4.69) is 81.5 Å². The van der Waals surface area contributed by atoms with Crippen molar-refractivity contribution in [3.8, 4) is 0 Å². The fraction of sp³-hybridized carbons (Fsp3) is 0.817. The van der Waals surface area contributed by atoms with E-state index < -0.39 is 6.10 Å². The Morgan fingerprint density at radius 3 is 0.792 bits per heavy atom. The zero-order valence-electron chi connectivity index (χ0n) is 51.5. The van der Waals surface area contributed by atoms with E-state index in [-0.39, 0.29) is 31.1 Å². The summed E-state index contributed by atoms with van der Waals surface area (Å²) in [4.78, 5) is 38.4. The smallest absolute Gasteiger partial charge is 0.306 e. The van der Waals surface area contributed by atoms with Gasteiger partial charge >= 0.3 is 17.9 Å². The van der Waals surface area contributed by atoms with Crippen LogP contribution in [0.15, 0.2) is 60.8 Å². The van der Waals surface area contributed by atoms with Crippen molar-refractivity contribution in [2.45, 2.75) is 361 Å². The fourth-order valence-corrected chi connectivity index (χ4v) is 10.0. The van der Waals surface area contributed by atoms with Crippen LogP contribution in [0.25, 0.3) is 0 Å². The quantitative estimate of drug-likeness (QED) is 0.0261. The number of allylic oxidation sites excluding steroid dienone is 10. The second-order valence-corrected chi connectivity index (χ2v) is 22.7. The average molecular weight is 1080 g/mol. The SMILES string of the molecule is CC/C=C\C/C=C\C/C=C\C/C=C\C/C=C\CCCCCCCCCCCCCC(=O)OCC(COC(=O)CCCCCCCCCCCCCCCCC)OC(=O)CCCCCCCCCCCCCCCCCCC. The topological polar surface area (TPSA) is 78.9 Å². The largest absolute Gasteiger partial charge is 0.462 e. The van der Waals surface area contributed by atoms with Crippen LogP contribution in [-0.2, 0) is 28.6 Å². The van der Waals surface area contributed by atoms with Gasteiger partial charge < -0.3 is 14.2 Å². The lowest BCUT2D eigenvalue weighted by molar-refractivity contribution is -0.167. The molecule has 0 fully saturated rings. The second-order valence-electron chi connectivity index (χ2n) is 22.7. The van der Waals surface area contributed by atoms with Crippen LogP contribution in [0.1, 0.15) is 355 Å². The predicted molar refractivity (Wildman–Crippen MR) is 335 cm³/mol. The lowest BCUT2D eigenvalue weighted by Crippen LogP contribution is -2.30. The number of rotatable bonds is 62. The van der Waals surface area contributed by atoms with Gasteiger partial charge in [-0.15, -0.1) is 0 Å². The molecule has 0 aliphatic carbocycles. The van der Waals surface area contributed by atoms with E-state index in [0.29, 0.717) is 19.3 Å². The molecule has 6 nitrogen and oxygen atoms in total. The molecule has 6 heteroatoms. The highest BCUT2D eigenvalue weighted by Crippen LogP contribution is 2.18. The summed E-state index contributed by atoms with van der Waals surface area (Å²) in [7, 11) is 0. The number of unbranched alkanes of at least 4 members (excludes halogenated alkanes) is 41. The maximum atomic E-state index is 12.9. The zero-order valence-corrected chi connectivity index (χ0v) is 51.5. The van der Waals surface area contributed by atoms with Crippen molar-refractivity contribution < 1.29 is 28.6 Å². The van der Waals surface area contributed by atoms with Gasteiger partial charge in [-0.2, -0.15) is 0 Å². The molecule has 0 aliphatic rings. The summed E-state index contributed by atoms with van der Waals surface area (Å²) in [5.41, 5.74) is 0. The number of hydrogen-bond acceptors (Lipinski definition) is 6. The molecule has 0 aromatic carbocycles. The van der Waals surface area contributed by atoms with Crippen LogP contribution in [-0.4, -0.2) is 37.2 Å². The summed E-state index contributed by atoms with van der Waals surface area (Å²) < 4.78 is 17.0. The van der Waals surface area contributed by atoms with Crippen molar-refractivity contribution in [2.24, 2.45) is 0 Å². The van der Waals surface area contributed by atoms with Crippen LogP contribution in [0.2, 0.25) is 0 Å². The molecule has 0 rings (SSSR count). The Hall–Kier alpha value is -2.89. The monoisotopic (exact) mass is 1080 g/mol. The molecule has 448 valence electrons. The molecule has 0 aliphatic heterocycles. The van der Waals surface area contributed by atoms with E-state index >= 15 is 0 Å². The Kier molecular flexibility index (Phi) is 63.2. The minimum Gasteiger partial charge on any atom is -0.462 e. The minimum atomic E-state index is -0.772. The molecule has 0 radical (unpaired) electrons. The molecule has 1 atom stereocenters. The summed E-state index contributed by atoms with van der Waals surface area (Å²) in [5.74, 6) is -0.847. The van der Waals surface area contributed by atoms with Crippen molar-refractivity contribution in [3.63, 3.8) is 0 Å². The molecule has 0 saturated heterocycles. The van der Waals surface area contributed by atoms with Crippen molar-refractivity contribution >= 4 is 17.9 Å². The van der Waals surface area contributed by atoms with Gasteiger partial charge in [-0.3, -0.25) is 14.4 Å². The molecule has 0 spiro atoms. The molecule has 1 unspecified atom stereocenters. The van der Waals surface area contributed by atoms with E-state index in [1.54, 1.807) is 0 Å². The van der Waals surface area contributed by atoms with Gasteiger partial charge in [0.15, 0.2) is 6.10 Å². The number of ether oxygens (including phenoxy) is 3. The van der Waals surface area contributed by atoms with Crippen LogP contribution >= 0.6 is 0 Å². The number of carbonyl (C=O) groups excluding carboxylic acids is 3. The Morgan fingerprint density at radius 1 is 0.273 bits per heavy atom. The van der Waals surface area contributed by atoms with E-state index in [1.165, 1.54) is 225 Å². The van der Waals surface area contributed by atoms with Crippen LogP contribution in [0.4, 0.5) is 0 Å². The van der Waals surface area contributed by atoms with Crippen LogP contribution in [0, 0.1) is 0 Å². The third-order valence-electron chi connectivity index (χ3n) is 15.0. The Balaban J connectivity index is 4.27. The maximum absolute atomic E-state index is 12.9. The first kappa shape index (κ1) is 74.1. The van der Waals surface area contributed by atoms with Gasteiger partial charge in [0.2, 0.25) is 0 Å². The van der Waals surface area contributed by atoms with Crippen molar-refractivity contribution in [1.82, 2.24) is 0 Å². The lowest BCUT2D eigenvalue weighted by Gasteiger charge is -2.18. The number of carbonyl (C=O) groups is 3. The summed E-state index contributed by atoms with van der Waals surface area (Å²) in [6, 6.07) is 0. The van der Waals surface area contributed by atoms with Gasteiger partial charge in [-0.25, -0.2) is 0 Å². The summed E-state index contributed by atoms with van der Waals surface area (Å²) in [6.45, 7) is 6.59. The van der Waals surface area contributed by atoms with Crippen molar-refractivity contribution in [2.75, 3.05) is 13.2 Å². The van der Waals surface area contributed by atoms with Gasteiger partial charge in [0.25, 0.3) is 0 Å². The van der Waals surface area contributed by atoms with Gasteiger partial charge in [0.1, 0.15) is 13.2 Å². The molecule has 0 amide bonds. The van der Waals surface area contributed by atoms with Gasteiger partial charge in [-0.05, 0) is 64.2 Å². The van der Waals surface area contributed by atoms with E-state index in [1.807, 2.05) is 0 Å². The minimum absolute atomic E-state index is 0.0687. The number of hydrogen-bond donors (Lipinski definition) is 0. The van der Waals surface area contributed by atoms with Crippen molar-refractivity contribution in [1.29, 1.82) is 0 Å². The van der Waals surface area contributed by atoms with E-state index in [9.17, 15) is 14.4 Å². The molecule has 0 heterocycles. The van der Waals surface area contributed by atoms with Crippen LogP contribution in [0.5, 0.6) is 0 Å². The zero-order chi connectivity index (χ0) is 55.7. The first-order valence-corrected chi connectivity index (χ1v) is 33.8. The molecule has 0 saturated carbocycles. The summed E-state index contributed by atoms with van der Waals surface area (Å²) in [5, 5.41) is 0. The standard InChI is InChI=1S/C71H128O6/c1-4-7-10-13-16-19-22-25-28-30-31-32-33-34-35-36-37-38-39-41-43-46-49-52-55-58-61-64-70(73)76-67-68(66-75-69(72)63-60-57-54-51-48-45-42-27-24-21-18-15-12-9-6-3)77-71(74)65-62-59-56-53-50-47-44-40-29-26-23-20-17-14-11-8-5-2/h7,10,16,19,25,28,31-32,34-35,68H,4-6,8-9,11-15,17-18,20-24,26-27,29-30,33,36-67H2,1-3H3/b10-7-,19-16-,28-25-,32-31-,35-34-. The Bertz CT molecular complexity index is 1380. The Labute approximate surface area is 479 Å². The molecule has 0 bridgehead atoms. The molecule has 0 aromatic rings. The third-order valence-corrected chi connectivity index (χ3v) is 15.0. The Morgan fingerprint density at radius 2 is 0.506 bits per heavy atom. The highest BCUT2D eigenvalue weighted by molar-refractivity contribution is 5.71. The van der Waals surface area contributed by atoms with Gasteiger partial charge in [-0.1, -0.05) is 332 Å². The molecule has 77 heavy (non-hydrogen) atoms. The van der Waals surface area contributed by atoms with Crippen LogP contribution < -0.4 is 0 Å². The molecular weight excluding hydrogens is 949 g/mol. The summed E-state index contributed by atoms with van der Waals surface area (Å²) in [6.07, 6.45) is 83.7. The van der Waals surface area contributed by atoms with Gasteiger partial charge in [0, 0.05) is 19.3 Å². The lowest BCUT2D eigenvalue weighted by atomic mass is 10.0. The molecule has 0 aromatic heterocycles. The highest BCUT2D eigenvalue weighted by atomic mass is 16.6. The highest BCUT2D eigenvalue weighted by Gasteiger charge is 2.19. The second kappa shape index (κ2) is 65.6. The first-order chi connectivity index (χ1) is 38.0. The number of esters is 3. The average Bonchev–Trinajstić information content (AvgIpc) is 3.43. The normalized spacial score (nSPS) is 12.4. The summed E-state index contributed by atoms with van der Waals surface area (Å²) >= 11 is 0. The van der Waals surface area contributed by atoms with Crippen molar-refractivity contribution in [3.05, 3.63) is 60.8 Å². The maximum Gasteiger partial charge on any atom is 0.306 e. The molecule has 0 N–H and O–H groups in total.